The van der Waals surface area contributed by atoms with Gasteiger partial charge in [0, 0.05) is 60.3 Å². The molecule has 4 aromatic rings. The van der Waals surface area contributed by atoms with Crippen LogP contribution in [0.2, 0.25) is 10.0 Å². The van der Waals surface area contributed by atoms with Gasteiger partial charge in [0.2, 0.25) is 17.8 Å². The Morgan fingerprint density at radius 3 is 1.86 bits per heavy atom. The molecule has 0 spiro atoms. The largest absolute Gasteiger partial charge is 0.492 e. The van der Waals surface area contributed by atoms with Crippen molar-refractivity contribution in [2.24, 2.45) is 7.05 Å². The molecule has 2 saturated heterocycles. The number of hydrogen-bond acceptors (Lipinski definition) is 21. The lowest BCUT2D eigenvalue weighted by molar-refractivity contribution is -0.372. The Morgan fingerprint density at radius 2 is 1.25 bits per heavy atom. The average Bonchev–Trinajstić information content (AvgIpc) is 4.01. The number of halogens is 2. The van der Waals surface area contributed by atoms with Crippen molar-refractivity contribution < 1.29 is 77.5 Å². The molecule has 0 aliphatic carbocycles. The molecule has 4 amide bonds. The lowest BCUT2D eigenvalue weighted by Gasteiger charge is -2.16. The van der Waals surface area contributed by atoms with Gasteiger partial charge in [-0.1, -0.05) is 35.7 Å². The maximum absolute atomic E-state index is 13.3. The van der Waals surface area contributed by atoms with Gasteiger partial charge in [-0.15, -0.1) is 0 Å². The summed E-state index contributed by atoms with van der Waals surface area (Å²) in [5, 5.41) is 16.5. The molecule has 0 saturated carbocycles. The highest BCUT2D eigenvalue weighted by Gasteiger charge is 2.42. The molecule has 2 aromatic heterocycles. The molecule has 4 heterocycles. The zero-order chi connectivity index (χ0) is 54.3. The monoisotopic (exact) mass is 1140 g/mol. The predicted molar refractivity (Wildman–Crippen MR) is 281 cm³/mol. The second kappa shape index (κ2) is 35.5. The number of amides is 4. The van der Waals surface area contributed by atoms with Crippen LogP contribution in [0.3, 0.4) is 0 Å². The van der Waals surface area contributed by atoms with Crippen LogP contribution in [0.5, 0.6) is 5.75 Å². The number of nitrogens with one attached hydrogen (secondary N) is 5. The maximum Gasteiger partial charge on any atom is 0.315 e. The minimum absolute atomic E-state index is 0.00455. The summed E-state index contributed by atoms with van der Waals surface area (Å²) in [7, 11) is 1.63. The van der Waals surface area contributed by atoms with Crippen molar-refractivity contribution in [3.8, 4) is 16.9 Å². The molecule has 2 fully saturated rings. The van der Waals surface area contributed by atoms with Gasteiger partial charge in [-0.05, 0) is 55.3 Å². The molecule has 424 valence electrons. The third-order valence-corrected chi connectivity index (χ3v) is 13.3. The standard InChI is InChI=1S/C49H66Cl2N8O17S/c1-59-46-34(31-37(47(59)62)44-38(50)5-4-6-39(44)51)32-54-48(58-46)55-35-9-11-36(12-10-35)66-18-15-53-43(61)13-16-64-19-21-67-69-23-25-71-73-27-29-75-76-30-28-74-72-26-24-70-68-22-20-65-17-14-52-42(60)8-3-2-7-41-45-40(33-77-41)56-49(63)57-45/h4-6,9-12,31-32,40-41,45H,2-3,7-8,13-30,33H2,1H3,(H,52,60)(H,53,61)(H,54,55,58)(H2,56,57,63). The molecule has 6 rings (SSSR count). The molecule has 2 aromatic carbocycles. The van der Waals surface area contributed by atoms with E-state index in [1.807, 2.05) is 11.8 Å². The fourth-order valence-corrected chi connectivity index (χ4v) is 9.64. The Bertz CT molecular complexity index is 2450. The van der Waals surface area contributed by atoms with Crippen LogP contribution < -0.4 is 36.9 Å². The van der Waals surface area contributed by atoms with Gasteiger partial charge < -0.3 is 40.8 Å². The third-order valence-electron chi connectivity index (χ3n) is 11.1. The Labute approximate surface area is 458 Å². The van der Waals surface area contributed by atoms with Crippen molar-refractivity contribution in [3.05, 3.63) is 75.1 Å². The third kappa shape index (κ3) is 22.3. The highest BCUT2D eigenvalue weighted by atomic mass is 35.5. The van der Waals surface area contributed by atoms with Crippen LogP contribution in [-0.4, -0.2) is 168 Å². The van der Waals surface area contributed by atoms with Crippen LogP contribution in [0.25, 0.3) is 22.2 Å². The Hall–Kier alpha value is -5.01. The first-order chi connectivity index (χ1) is 37.7. The number of benzene rings is 2. The first-order valence-corrected chi connectivity index (χ1v) is 26.9. The number of aromatic nitrogens is 3. The molecule has 0 bridgehead atoms. The lowest BCUT2D eigenvalue weighted by atomic mass is 10.0. The number of carbonyl (C=O) groups is 3. The van der Waals surface area contributed by atoms with E-state index in [0.717, 1.165) is 25.0 Å². The summed E-state index contributed by atoms with van der Waals surface area (Å²) in [6, 6.07) is 14.2. The van der Waals surface area contributed by atoms with Gasteiger partial charge in [0.1, 0.15) is 84.1 Å². The molecule has 28 heteroatoms. The predicted octanol–water partition coefficient (Wildman–Crippen LogP) is 4.55. The van der Waals surface area contributed by atoms with Crippen LogP contribution >= 0.6 is 35.0 Å². The van der Waals surface area contributed by atoms with E-state index in [1.54, 1.807) is 61.8 Å². The van der Waals surface area contributed by atoms with Gasteiger partial charge in [0.25, 0.3) is 5.56 Å². The molecule has 0 radical (unpaired) electrons. The van der Waals surface area contributed by atoms with Gasteiger partial charge in [0.05, 0.1) is 60.7 Å². The van der Waals surface area contributed by atoms with Gasteiger partial charge in [-0.25, -0.2) is 58.7 Å². The molecule has 3 unspecified atom stereocenters. The minimum Gasteiger partial charge on any atom is -0.492 e. The van der Waals surface area contributed by atoms with Crippen molar-refractivity contribution in [3.63, 3.8) is 0 Å². The SMILES string of the molecule is Cn1c(=O)c(-c2c(Cl)cccc2Cl)cc2cnc(Nc3ccc(OCCNC(=O)CCOCCOOCCOOCCOOCCOOCCOOCCOCCNC(=O)CCCCC4SCC5NC(=O)NC54)cc3)nc21. The lowest BCUT2D eigenvalue weighted by Crippen LogP contribution is -2.36. The first-order valence-electron chi connectivity index (χ1n) is 25.1. The number of aryl methyl sites for hydroxylation is 1. The average molecular weight is 1140 g/mol. The van der Waals surface area contributed by atoms with E-state index in [2.05, 4.69) is 36.6 Å². The summed E-state index contributed by atoms with van der Waals surface area (Å²) in [6.07, 6.45) is 4.97. The van der Waals surface area contributed by atoms with Gasteiger partial charge in [-0.2, -0.15) is 16.7 Å². The van der Waals surface area contributed by atoms with E-state index in [1.165, 1.54) is 4.57 Å². The van der Waals surface area contributed by atoms with Crippen LogP contribution in [0.1, 0.15) is 32.1 Å². The van der Waals surface area contributed by atoms with E-state index >= 15 is 0 Å². The van der Waals surface area contributed by atoms with Crippen LogP contribution in [0.4, 0.5) is 16.4 Å². The zero-order valence-electron chi connectivity index (χ0n) is 42.6. The zero-order valence-corrected chi connectivity index (χ0v) is 45.0. The Morgan fingerprint density at radius 1 is 0.688 bits per heavy atom. The molecule has 3 atom stereocenters. The molecule has 5 N–H and O–H groups in total. The van der Waals surface area contributed by atoms with Crippen molar-refractivity contribution in [2.75, 3.05) is 123 Å². The topological polar surface area (TPSA) is 279 Å². The van der Waals surface area contributed by atoms with E-state index < -0.39 is 0 Å². The number of carbonyl (C=O) groups excluding carboxylic acids is 3. The number of pyridine rings is 1. The summed E-state index contributed by atoms with van der Waals surface area (Å²) in [5.41, 5.74) is 1.64. The minimum atomic E-state index is -0.300. The maximum atomic E-state index is 13.3. The van der Waals surface area contributed by atoms with Crippen molar-refractivity contribution in [1.82, 2.24) is 35.8 Å². The van der Waals surface area contributed by atoms with Gasteiger partial charge in [-0.3, -0.25) is 19.0 Å². The highest BCUT2D eigenvalue weighted by Crippen LogP contribution is 2.35. The van der Waals surface area contributed by atoms with Gasteiger partial charge in [0.15, 0.2) is 0 Å². The van der Waals surface area contributed by atoms with E-state index in [9.17, 15) is 19.2 Å². The first kappa shape index (κ1) is 61.2. The normalized spacial score (nSPS) is 15.8. The Balaban J connectivity index is 0.626. The summed E-state index contributed by atoms with van der Waals surface area (Å²) in [4.78, 5) is 108. The number of fused-ring (bicyclic) bond motifs is 2. The van der Waals surface area contributed by atoms with Crippen LogP contribution in [0, 0.1) is 0 Å². The molecule has 77 heavy (non-hydrogen) atoms. The van der Waals surface area contributed by atoms with Gasteiger partial charge >= 0.3 is 6.03 Å². The number of hydrogen-bond donors (Lipinski definition) is 5. The number of nitrogens with zero attached hydrogens (tertiary/aromatic N) is 3. The second-order valence-corrected chi connectivity index (χ2v) is 18.8. The molecular formula is C49H66Cl2N8O17S. The summed E-state index contributed by atoms with van der Waals surface area (Å²) in [6.45, 7) is 3.32. The summed E-state index contributed by atoms with van der Waals surface area (Å²) in [5.74, 6) is 1.64. The quantitative estimate of drug-likeness (QED) is 0.0176. The molecular weight excluding hydrogens is 1080 g/mol. The molecule has 25 nitrogen and oxygen atoms in total. The second-order valence-electron chi connectivity index (χ2n) is 16.8. The summed E-state index contributed by atoms with van der Waals surface area (Å²) >= 11 is 14.6. The number of anilines is 2. The van der Waals surface area contributed by atoms with E-state index in [0.29, 0.717) is 87.6 Å². The van der Waals surface area contributed by atoms with Crippen molar-refractivity contribution in [1.29, 1.82) is 0 Å². The number of urea groups is 1. The smallest absolute Gasteiger partial charge is 0.315 e. The fraction of sp³-hybridized carbons (Fsp3) is 0.551. The molecule has 2 aliphatic rings. The van der Waals surface area contributed by atoms with Crippen molar-refractivity contribution in [2.45, 2.75) is 49.4 Å². The number of unbranched alkanes of at least 4 members (excludes halogenated alkanes) is 1. The van der Waals surface area contributed by atoms with Crippen LogP contribution in [-0.2, 0) is 75.0 Å². The number of ether oxygens (including phenoxy) is 3. The molecule has 2 aliphatic heterocycles. The number of thioether (sulfide) groups is 1. The number of rotatable bonds is 41. The van der Waals surface area contributed by atoms with E-state index in [4.69, 9.17) is 86.3 Å². The highest BCUT2D eigenvalue weighted by molar-refractivity contribution is 8.00. The van der Waals surface area contributed by atoms with E-state index in [-0.39, 0.29) is 128 Å². The Kier molecular flexibility index (Phi) is 28.2. The van der Waals surface area contributed by atoms with Crippen LogP contribution in [0.15, 0.2) is 59.5 Å². The summed E-state index contributed by atoms with van der Waals surface area (Å²) < 4.78 is 18.0. The fourth-order valence-electron chi connectivity index (χ4n) is 7.49. The van der Waals surface area contributed by atoms with Crippen molar-refractivity contribution >= 4 is 75.5 Å².